The molecule has 0 saturated carbocycles. The monoisotopic (exact) mass is 337 g/mol. The maximum atomic E-state index is 12.8. The Morgan fingerprint density at radius 2 is 2.26 bits per heavy atom. The number of methoxy groups -OCH3 is 1. The second kappa shape index (κ2) is 6.55. The van der Waals surface area contributed by atoms with E-state index in [4.69, 9.17) is 25.5 Å². The Bertz CT molecular complexity index is 718. The molecule has 0 unspecified atom stereocenters. The standard InChI is InChI=1S/C15H16ClN3O4/c1-9-17-18-14(23-9)13-8-19(5-6-22-13)15(20)11-4-3-10(16)7-12(11)21-2/h3-4,7,13H,5-6,8H2,1-2H3/t13-/m0/s1. The normalized spacial score (nSPS) is 18.0. The molecule has 0 radical (unpaired) electrons. The van der Waals surface area contributed by atoms with Gasteiger partial charge in [0.15, 0.2) is 6.10 Å². The third kappa shape index (κ3) is 3.30. The molecule has 3 rings (SSSR count). The van der Waals surface area contributed by atoms with Crippen LogP contribution in [0.4, 0.5) is 0 Å². The Hall–Kier alpha value is -2.12. The fourth-order valence-corrected chi connectivity index (χ4v) is 2.60. The van der Waals surface area contributed by atoms with Gasteiger partial charge in [0, 0.05) is 18.5 Å². The smallest absolute Gasteiger partial charge is 0.257 e. The van der Waals surface area contributed by atoms with E-state index in [1.54, 1.807) is 30.0 Å². The molecule has 23 heavy (non-hydrogen) atoms. The molecular weight excluding hydrogens is 322 g/mol. The highest BCUT2D eigenvalue weighted by Gasteiger charge is 2.30. The third-order valence-corrected chi connectivity index (χ3v) is 3.80. The number of carbonyl (C=O) groups is 1. The van der Waals surface area contributed by atoms with Crippen LogP contribution in [-0.4, -0.2) is 47.8 Å². The summed E-state index contributed by atoms with van der Waals surface area (Å²) in [5.74, 6) is 1.14. The number of amides is 1. The van der Waals surface area contributed by atoms with Gasteiger partial charge in [0.1, 0.15) is 5.75 Å². The van der Waals surface area contributed by atoms with Gasteiger partial charge in [0.25, 0.3) is 5.91 Å². The third-order valence-electron chi connectivity index (χ3n) is 3.56. The predicted molar refractivity (Wildman–Crippen MR) is 81.6 cm³/mol. The topological polar surface area (TPSA) is 77.7 Å². The molecule has 0 spiro atoms. The largest absolute Gasteiger partial charge is 0.496 e. The molecule has 1 atom stereocenters. The summed E-state index contributed by atoms with van der Waals surface area (Å²) in [7, 11) is 1.51. The first-order chi connectivity index (χ1) is 11.1. The van der Waals surface area contributed by atoms with Crippen molar-refractivity contribution in [1.29, 1.82) is 0 Å². The molecular formula is C15H16ClN3O4. The average Bonchev–Trinajstić information content (AvgIpc) is 3.01. The second-order valence-electron chi connectivity index (χ2n) is 5.11. The lowest BCUT2D eigenvalue weighted by molar-refractivity contribution is -0.0350. The first kappa shape index (κ1) is 15.8. The number of aromatic nitrogens is 2. The van der Waals surface area contributed by atoms with Crippen LogP contribution in [0.1, 0.15) is 28.2 Å². The molecule has 1 saturated heterocycles. The van der Waals surface area contributed by atoms with Crippen molar-refractivity contribution in [3.8, 4) is 5.75 Å². The lowest BCUT2D eigenvalue weighted by Gasteiger charge is -2.31. The summed E-state index contributed by atoms with van der Waals surface area (Å²) in [6, 6.07) is 4.94. The molecule has 2 aromatic rings. The van der Waals surface area contributed by atoms with Crippen LogP contribution in [0.25, 0.3) is 0 Å². The zero-order chi connectivity index (χ0) is 16.4. The van der Waals surface area contributed by atoms with Gasteiger partial charge in [0.2, 0.25) is 11.8 Å². The minimum atomic E-state index is -0.424. The highest BCUT2D eigenvalue weighted by atomic mass is 35.5. The van der Waals surface area contributed by atoms with Crippen molar-refractivity contribution in [3.05, 3.63) is 40.6 Å². The number of morpholine rings is 1. The van der Waals surface area contributed by atoms with Gasteiger partial charge in [-0.1, -0.05) is 11.6 Å². The highest BCUT2D eigenvalue weighted by Crippen LogP contribution is 2.27. The number of nitrogens with zero attached hydrogens (tertiary/aromatic N) is 3. The number of hydrogen-bond acceptors (Lipinski definition) is 6. The molecule has 122 valence electrons. The van der Waals surface area contributed by atoms with Crippen molar-refractivity contribution in [2.24, 2.45) is 0 Å². The van der Waals surface area contributed by atoms with Crippen LogP contribution in [-0.2, 0) is 4.74 Å². The Labute approximate surface area is 138 Å². The van der Waals surface area contributed by atoms with Crippen LogP contribution in [0, 0.1) is 6.92 Å². The molecule has 1 aromatic heterocycles. The Morgan fingerprint density at radius 1 is 1.43 bits per heavy atom. The van der Waals surface area contributed by atoms with Gasteiger partial charge in [-0.25, -0.2) is 0 Å². The molecule has 0 N–H and O–H groups in total. The molecule has 2 heterocycles. The van der Waals surface area contributed by atoms with Crippen molar-refractivity contribution in [2.75, 3.05) is 26.8 Å². The van der Waals surface area contributed by atoms with Gasteiger partial charge in [-0.05, 0) is 18.2 Å². The highest BCUT2D eigenvalue weighted by molar-refractivity contribution is 6.30. The molecule has 1 fully saturated rings. The summed E-state index contributed by atoms with van der Waals surface area (Å²) < 4.78 is 16.3. The van der Waals surface area contributed by atoms with Crippen molar-refractivity contribution in [2.45, 2.75) is 13.0 Å². The first-order valence-corrected chi connectivity index (χ1v) is 7.50. The lowest BCUT2D eigenvalue weighted by atomic mass is 10.1. The van der Waals surface area contributed by atoms with E-state index in [1.165, 1.54) is 7.11 Å². The molecule has 1 aliphatic rings. The van der Waals surface area contributed by atoms with Crippen LogP contribution < -0.4 is 4.74 Å². The van der Waals surface area contributed by atoms with Crippen LogP contribution in [0.3, 0.4) is 0 Å². The van der Waals surface area contributed by atoms with Crippen molar-refractivity contribution >= 4 is 17.5 Å². The number of benzene rings is 1. The molecule has 1 amide bonds. The summed E-state index contributed by atoms with van der Waals surface area (Å²) in [4.78, 5) is 14.4. The van der Waals surface area contributed by atoms with Crippen molar-refractivity contribution < 1.29 is 18.7 Å². The molecule has 1 aromatic carbocycles. The first-order valence-electron chi connectivity index (χ1n) is 7.13. The van der Waals surface area contributed by atoms with Crippen molar-refractivity contribution in [1.82, 2.24) is 15.1 Å². The number of halogens is 1. The summed E-state index contributed by atoms with van der Waals surface area (Å²) in [6.45, 7) is 2.93. The molecule has 8 heteroatoms. The van der Waals surface area contributed by atoms with Crippen molar-refractivity contribution in [3.63, 3.8) is 0 Å². The van der Waals surface area contributed by atoms with E-state index in [1.807, 2.05) is 0 Å². The number of carbonyl (C=O) groups excluding carboxylic acids is 1. The van der Waals surface area contributed by atoms with E-state index < -0.39 is 6.10 Å². The van der Waals surface area contributed by atoms with Gasteiger partial charge in [-0.15, -0.1) is 10.2 Å². The summed E-state index contributed by atoms with van der Waals surface area (Å²) in [5.41, 5.74) is 0.458. The lowest BCUT2D eigenvalue weighted by Crippen LogP contribution is -2.42. The van der Waals surface area contributed by atoms with E-state index in [9.17, 15) is 4.79 Å². The van der Waals surface area contributed by atoms with E-state index in [0.717, 1.165) is 0 Å². The van der Waals surface area contributed by atoms with E-state index in [-0.39, 0.29) is 5.91 Å². The van der Waals surface area contributed by atoms with Crippen LogP contribution >= 0.6 is 11.6 Å². The Kier molecular flexibility index (Phi) is 4.49. The minimum Gasteiger partial charge on any atom is -0.496 e. The SMILES string of the molecule is COc1cc(Cl)ccc1C(=O)N1CCO[C@H](c2nnc(C)o2)C1. The summed E-state index contributed by atoms with van der Waals surface area (Å²) >= 11 is 5.94. The van der Waals surface area contributed by atoms with Gasteiger partial charge in [-0.3, -0.25) is 4.79 Å². The van der Waals surface area contributed by atoms with E-state index >= 15 is 0 Å². The quantitative estimate of drug-likeness (QED) is 0.855. The van der Waals surface area contributed by atoms with E-state index in [0.29, 0.717) is 47.8 Å². The predicted octanol–water partition coefficient (Wildman–Crippen LogP) is 2.25. The summed E-state index contributed by atoms with van der Waals surface area (Å²) in [6.07, 6.45) is -0.424. The van der Waals surface area contributed by atoms with Gasteiger partial charge < -0.3 is 18.8 Å². The molecule has 0 aliphatic carbocycles. The van der Waals surface area contributed by atoms with Gasteiger partial charge >= 0.3 is 0 Å². The zero-order valence-corrected chi connectivity index (χ0v) is 13.5. The number of hydrogen-bond donors (Lipinski definition) is 0. The van der Waals surface area contributed by atoms with Gasteiger partial charge in [-0.2, -0.15) is 0 Å². The molecule has 0 bridgehead atoms. The zero-order valence-electron chi connectivity index (χ0n) is 12.8. The average molecular weight is 338 g/mol. The maximum absolute atomic E-state index is 12.8. The number of rotatable bonds is 3. The van der Waals surface area contributed by atoms with Crippen LogP contribution in [0.2, 0.25) is 5.02 Å². The molecule has 1 aliphatic heterocycles. The second-order valence-corrected chi connectivity index (χ2v) is 5.55. The fraction of sp³-hybridized carbons (Fsp3) is 0.400. The number of ether oxygens (including phenoxy) is 2. The van der Waals surface area contributed by atoms with Crippen LogP contribution in [0.15, 0.2) is 22.6 Å². The summed E-state index contributed by atoms with van der Waals surface area (Å²) in [5, 5.41) is 8.27. The Balaban J connectivity index is 1.79. The van der Waals surface area contributed by atoms with Gasteiger partial charge in [0.05, 0.1) is 25.8 Å². The Morgan fingerprint density at radius 3 is 2.96 bits per heavy atom. The maximum Gasteiger partial charge on any atom is 0.257 e. The fourth-order valence-electron chi connectivity index (χ4n) is 2.44. The van der Waals surface area contributed by atoms with E-state index in [2.05, 4.69) is 10.2 Å². The number of aryl methyl sites for hydroxylation is 1. The minimum absolute atomic E-state index is 0.150. The van der Waals surface area contributed by atoms with Crippen LogP contribution in [0.5, 0.6) is 5.75 Å². The molecule has 7 nitrogen and oxygen atoms in total.